The van der Waals surface area contributed by atoms with Crippen molar-refractivity contribution in [1.29, 1.82) is 0 Å². The van der Waals surface area contributed by atoms with E-state index in [1.807, 2.05) is 9.80 Å². The van der Waals surface area contributed by atoms with Gasteiger partial charge >= 0.3 is 6.18 Å². The van der Waals surface area contributed by atoms with Crippen LogP contribution < -0.4 is 4.90 Å². The van der Waals surface area contributed by atoms with Gasteiger partial charge in [0.2, 0.25) is 5.91 Å². The zero-order chi connectivity index (χ0) is 24.0. The van der Waals surface area contributed by atoms with Crippen molar-refractivity contribution in [2.24, 2.45) is 5.92 Å². The van der Waals surface area contributed by atoms with Gasteiger partial charge in [0, 0.05) is 57.0 Å². The number of nitrogens with zero attached hydrogens (tertiary/aromatic N) is 4. The summed E-state index contributed by atoms with van der Waals surface area (Å²) in [5.41, 5.74) is -0.695. The molecule has 1 aliphatic carbocycles. The number of halogens is 3. The first-order valence-electron chi connectivity index (χ1n) is 12.1. The lowest BCUT2D eigenvalue weighted by molar-refractivity contribution is -0.137. The average Bonchev–Trinajstić information content (AvgIpc) is 3.51. The van der Waals surface area contributed by atoms with Crippen LogP contribution >= 0.6 is 0 Å². The van der Waals surface area contributed by atoms with Crippen LogP contribution in [0.4, 0.5) is 19.0 Å². The van der Waals surface area contributed by atoms with E-state index in [-0.39, 0.29) is 11.8 Å². The number of alkyl halides is 3. The zero-order valence-electron chi connectivity index (χ0n) is 20.0. The monoisotopic (exact) mass is 470 g/mol. The van der Waals surface area contributed by atoms with Crippen molar-refractivity contribution in [3.8, 4) is 0 Å². The topological polar surface area (TPSA) is 48.9 Å². The SMILES string of the molecule is CCC.CN(C1CCOC1)C1CCC(C(=O)N2CCN(c3cc(C(F)(F)F)ccn3)CC2)C1. The van der Waals surface area contributed by atoms with E-state index in [0.29, 0.717) is 44.1 Å². The van der Waals surface area contributed by atoms with E-state index in [2.05, 4.69) is 30.8 Å². The van der Waals surface area contributed by atoms with Crippen molar-refractivity contribution in [3.63, 3.8) is 0 Å². The van der Waals surface area contributed by atoms with Crippen molar-refractivity contribution in [2.75, 3.05) is 51.3 Å². The van der Waals surface area contributed by atoms with E-state index >= 15 is 0 Å². The van der Waals surface area contributed by atoms with Gasteiger partial charge in [0.05, 0.1) is 12.2 Å². The Morgan fingerprint density at radius 3 is 2.45 bits per heavy atom. The third kappa shape index (κ3) is 6.59. The Hall–Kier alpha value is -1.87. The Balaban J connectivity index is 0.000000968. The third-order valence-corrected chi connectivity index (χ3v) is 6.80. The number of hydrogen-bond donors (Lipinski definition) is 0. The molecule has 3 unspecified atom stereocenters. The first kappa shape index (κ1) is 25.7. The first-order chi connectivity index (χ1) is 15.7. The second-order valence-corrected chi connectivity index (χ2v) is 9.27. The molecule has 0 radical (unpaired) electrons. The molecule has 1 amide bonds. The number of ether oxygens (including phenoxy) is 1. The summed E-state index contributed by atoms with van der Waals surface area (Å²) >= 11 is 0. The van der Waals surface area contributed by atoms with Gasteiger partial charge in [-0.1, -0.05) is 20.3 Å². The number of amides is 1. The Bertz CT molecular complexity index is 762. The van der Waals surface area contributed by atoms with Crippen LogP contribution in [0.2, 0.25) is 0 Å². The van der Waals surface area contributed by atoms with Crippen molar-refractivity contribution in [2.45, 2.75) is 64.2 Å². The Morgan fingerprint density at radius 1 is 1.15 bits per heavy atom. The molecular weight excluding hydrogens is 433 g/mol. The van der Waals surface area contributed by atoms with Gasteiger partial charge in [-0.15, -0.1) is 0 Å². The molecule has 0 bridgehead atoms. The van der Waals surface area contributed by atoms with E-state index < -0.39 is 11.7 Å². The predicted octanol–water partition coefficient (Wildman–Crippen LogP) is 4.05. The Labute approximate surface area is 195 Å². The van der Waals surface area contributed by atoms with Crippen molar-refractivity contribution in [3.05, 3.63) is 23.9 Å². The van der Waals surface area contributed by atoms with Crippen LogP contribution in [0.15, 0.2) is 18.3 Å². The molecule has 0 aromatic carbocycles. The van der Waals surface area contributed by atoms with Crippen LogP contribution in [0.1, 0.15) is 51.5 Å². The summed E-state index contributed by atoms with van der Waals surface area (Å²) in [5.74, 6) is 0.543. The predicted molar refractivity (Wildman–Crippen MR) is 122 cm³/mol. The molecule has 186 valence electrons. The molecule has 3 atom stereocenters. The quantitative estimate of drug-likeness (QED) is 0.665. The normalized spacial score (nSPS) is 25.8. The number of hydrogen-bond acceptors (Lipinski definition) is 5. The molecule has 1 saturated carbocycles. The molecular formula is C24H37F3N4O2. The summed E-state index contributed by atoms with van der Waals surface area (Å²) in [5, 5.41) is 0. The molecule has 9 heteroatoms. The third-order valence-electron chi connectivity index (χ3n) is 6.80. The molecule has 1 aromatic heterocycles. The minimum atomic E-state index is -4.38. The van der Waals surface area contributed by atoms with Gasteiger partial charge < -0.3 is 14.5 Å². The van der Waals surface area contributed by atoms with Gasteiger partial charge in [0.1, 0.15) is 5.82 Å². The second kappa shape index (κ2) is 11.5. The highest BCUT2D eigenvalue weighted by Gasteiger charge is 2.38. The van der Waals surface area contributed by atoms with Gasteiger partial charge in [-0.3, -0.25) is 9.69 Å². The summed E-state index contributed by atoms with van der Waals surface area (Å²) in [6.45, 7) is 7.87. The van der Waals surface area contributed by atoms with E-state index in [1.54, 1.807) is 0 Å². The highest BCUT2D eigenvalue weighted by atomic mass is 19.4. The number of aromatic nitrogens is 1. The molecule has 3 aliphatic rings. The molecule has 4 rings (SSSR count). The average molecular weight is 471 g/mol. The number of anilines is 1. The number of pyridine rings is 1. The maximum absolute atomic E-state index is 13.0. The number of carbonyl (C=O) groups is 1. The second-order valence-electron chi connectivity index (χ2n) is 9.27. The van der Waals surface area contributed by atoms with Crippen molar-refractivity contribution >= 4 is 11.7 Å². The van der Waals surface area contributed by atoms with E-state index in [1.165, 1.54) is 12.6 Å². The zero-order valence-corrected chi connectivity index (χ0v) is 20.0. The van der Waals surface area contributed by atoms with Gasteiger partial charge in [-0.05, 0) is 44.9 Å². The molecule has 6 nitrogen and oxygen atoms in total. The van der Waals surface area contributed by atoms with Gasteiger partial charge in [0.25, 0.3) is 0 Å². The van der Waals surface area contributed by atoms with Gasteiger partial charge in [-0.2, -0.15) is 13.2 Å². The van der Waals surface area contributed by atoms with Crippen LogP contribution in [0, 0.1) is 5.92 Å². The summed E-state index contributed by atoms with van der Waals surface area (Å²) in [4.78, 5) is 23.2. The number of likely N-dealkylation sites (N-methyl/N-ethyl adjacent to an activating group) is 1. The summed E-state index contributed by atoms with van der Waals surface area (Å²) < 4.78 is 44.4. The summed E-state index contributed by atoms with van der Waals surface area (Å²) in [7, 11) is 2.14. The van der Waals surface area contributed by atoms with Gasteiger partial charge in [-0.25, -0.2) is 4.98 Å². The molecule has 33 heavy (non-hydrogen) atoms. The number of carbonyl (C=O) groups excluding carboxylic acids is 1. The number of piperazine rings is 1. The smallest absolute Gasteiger partial charge is 0.380 e. The van der Waals surface area contributed by atoms with Crippen LogP contribution in [0.25, 0.3) is 0 Å². The van der Waals surface area contributed by atoms with E-state index in [9.17, 15) is 18.0 Å². The largest absolute Gasteiger partial charge is 0.416 e. The molecule has 0 spiro atoms. The Morgan fingerprint density at radius 2 is 1.85 bits per heavy atom. The lowest BCUT2D eigenvalue weighted by atomic mass is 10.0. The van der Waals surface area contributed by atoms with E-state index in [4.69, 9.17) is 4.74 Å². The molecule has 1 aromatic rings. The van der Waals surface area contributed by atoms with Gasteiger partial charge in [0.15, 0.2) is 0 Å². The van der Waals surface area contributed by atoms with Crippen LogP contribution in [0.5, 0.6) is 0 Å². The molecule has 2 aliphatic heterocycles. The standard InChI is InChI=1S/C21H29F3N4O2.C3H8/c1-26(18-5-11-30-14-18)17-3-2-15(12-17)20(29)28-9-7-27(8-10-28)19-13-16(4-6-25-19)21(22,23)24;1-3-2/h4,6,13,15,17-18H,2-3,5,7-12,14H2,1H3;3H2,1-2H3. The summed E-state index contributed by atoms with van der Waals surface area (Å²) in [6.07, 6.45) is 1.92. The first-order valence-corrected chi connectivity index (χ1v) is 12.1. The van der Waals surface area contributed by atoms with Crippen LogP contribution in [-0.4, -0.2) is 79.2 Å². The minimum Gasteiger partial charge on any atom is -0.380 e. The molecule has 3 heterocycles. The highest BCUT2D eigenvalue weighted by Crippen LogP contribution is 2.33. The van der Waals surface area contributed by atoms with Crippen LogP contribution in [0.3, 0.4) is 0 Å². The summed E-state index contributed by atoms with van der Waals surface area (Å²) in [6, 6.07) is 2.93. The fourth-order valence-electron chi connectivity index (χ4n) is 4.88. The molecule has 0 N–H and O–H groups in total. The molecule has 3 fully saturated rings. The fourth-order valence-corrected chi connectivity index (χ4v) is 4.88. The maximum atomic E-state index is 13.0. The maximum Gasteiger partial charge on any atom is 0.416 e. The molecule has 2 saturated heterocycles. The lowest BCUT2D eigenvalue weighted by Gasteiger charge is -2.37. The number of rotatable bonds is 4. The minimum absolute atomic E-state index is 0.0398. The fraction of sp³-hybridized carbons (Fsp3) is 0.750. The van der Waals surface area contributed by atoms with Crippen molar-refractivity contribution < 1.29 is 22.7 Å². The van der Waals surface area contributed by atoms with Crippen molar-refractivity contribution in [1.82, 2.24) is 14.8 Å². The van der Waals surface area contributed by atoms with E-state index in [0.717, 1.165) is 51.0 Å². The Kier molecular flexibility index (Phi) is 8.98. The van der Waals surface area contributed by atoms with Crippen LogP contribution in [-0.2, 0) is 15.7 Å². The highest BCUT2D eigenvalue weighted by molar-refractivity contribution is 5.79. The lowest BCUT2D eigenvalue weighted by Crippen LogP contribution is -2.50.